The molecule has 6 rings (SSSR count). The Hall–Kier alpha value is -4.36. The number of ether oxygens (including phenoxy) is 2. The lowest BCUT2D eigenvalue weighted by atomic mass is 9.99. The van der Waals surface area contributed by atoms with Gasteiger partial charge in [-0.05, 0) is 67.3 Å². The average Bonchev–Trinajstić information content (AvgIpc) is 3.51. The molecule has 1 N–H and O–H groups in total. The predicted octanol–water partition coefficient (Wildman–Crippen LogP) is 3.61. The number of nitrogens with one attached hydrogen (secondary N) is 1. The van der Waals surface area contributed by atoms with Crippen molar-refractivity contribution in [2.45, 2.75) is 30.2 Å². The van der Waals surface area contributed by atoms with Gasteiger partial charge in [0.05, 0.1) is 35.3 Å². The number of methoxy groups -OCH3 is 1. The van der Waals surface area contributed by atoms with Gasteiger partial charge in [0.25, 0.3) is 15.6 Å². The molecule has 2 saturated heterocycles. The Balaban J connectivity index is 1.28. The number of carbonyl (C=O) groups excluding carboxylic acids is 1. The lowest BCUT2D eigenvalue weighted by Gasteiger charge is -2.26. The minimum absolute atomic E-state index is 0.0373. The number of likely N-dealkylation sites (tertiary alicyclic amines) is 1. The molecule has 2 fully saturated rings. The number of sulfonamides is 1. The second kappa shape index (κ2) is 11.7. The topological polar surface area (TPSA) is 133 Å². The number of amides is 1. The van der Waals surface area contributed by atoms with Crippen molar-refractivity contribution in [3.05, 3.63) is 77.2 Å². The van der Waals surface area contributed by atoms with Gasteiger partial charge in [-0.1, -0.05) is 6.07 Å². The molecule has 0 radical (unpaired) electrons. The number of rotatable bonds is 7. The van der Waals surface area contributed by atoms with E-state index in [9.17, 15) is 22.4 Å². The molecular formula is C30H30FN5O6S. The largest absolute Gasteiger partial charge is 0.480 e. The van der Waals surface area contributed by atoms with Gasteiger partial charge in [0.1, 0.15) is 11.5 Å². The molecule has 1 amide bonds. The van der Waals surface area contributed by atoms with E-state index >= 15 is 0 Å². The number of hydrogen-bond acceptors (Lipinski definition) is 8. The van der Waals surface area contributed by atoms with Crippen LogP contribution in [-0.4, -0.2) is 67.2 Å². The van der Waals surface area contributed by atoms with E-state index < -0.39 is 15.8 Å². The molecule has 4 heterocycles. The van der Waals surface area contributed by atoms with E-state index in [0.717, 1.165) is 37.1 Å². The summed E-state index contributed by atoms with van der Waals surface area (Å²) < 4.78 is 54.0. The summed E-state index contributed by atoms with van der Waals surface area (Å²) in [5.41, 5.74) is 1.51. The van der Waals surface area contributed by atoms with Crippen LogP contribution in [-0.2, 0) is 19.6 Å². The summed E-state index contributed by atoms with van der Waals surface area (Å²) in [6.07, 6.45) is 5.14. The molecular weight excluding hydrogens is 577 g/mol. The molecule has 0 aliphatic carbocycles. The van der Waals surface area contributed by atoms with Crippen LogP contribution in [0.3, 0.4) is 0 Å². The molecule has 224 valence electrons. The second-order valence-corrected chi connectivity index (χ2v) is 12.3. The van der Waals surface area contributed by atoms with E-state index in [2.05, 4.69) is 14.7 Å². The van der Waals surface area contributed by atoms with Crippen LogP contribution in [0, 0.1) is 11.7 Å². The minimum Gasteiger partial charge on any atom is -0.480 e. The lowest BCUT2D eigenvalue weighted by Crippen LogP contribution is -2.37. The highest BCUT2D eigenvalue weighted by molar-refractivity contribution is 7.92. The number of nitrogens with zero attached hydrogens (tertiary/aromatic N) is 4. The average molecular weight is 608 g/mol. The highest BCUT2D eigenvalue weighted by Crippen LogP contribution is 2.31. The number of anilines is 1. The summed E-state index contributed by atoms with van der Waals surface area (Å²) in [5.74, 6) is -0.434. The van der Waals surface area contributed by atoms with Gasteiger partial charge < -0.3 is 14.4 Å². The fourth-order valence-electron chi connectivity index (χ4n) is 5.61. The fraction of sp³-hybridized carbons (Fsp3) is 0.333. The van der Waals surface area contributed by atoms with Crippen LogP contribution >= 0.6 is 0 Å². The van der Waals surface area contributed by atoms with Gasteiger partial charge in [-0.2, -0.15) is 0 Å². The van der Waals surface area contributed by atoms with Crippen LogP contribution in [0.25, 0.3) is 22.0 Å². The Kier molecular flexibility index (Phi) is 7.84. The van der Waals surface area contributed by atoms with Crippen molar-refractivity contribution < 1.29 is 27.1 Å². The standard InChI is InChI=1S/C30H30FN5O6S/c1-41-28-27(34-43(39,40)24-5-3-22(31)4-6-24)15-21(16-32-28)20-2-7-26-25(14-20)30(38)36(18-33-26)23-8-11-35(17-23)29(37)19-9-12-42-13-10-19/h2-7,14-16,18-19,23,34H,8-13,17H2,1H3/t23-/m0/s1. The van der Waals surface area contributed by atoms with E-state index in [1.54, 1.807) is 28.8 Å². The molecule has 2 aromatic heterocycles. The first-order valence-corrected chi connectivity index (χ1v) is 15.4. The van der Waals surface area contributed by atoms with E-state index in [0.29, 0.717) is 54.8 Å². The highest BCUT2D eigenvalue weighted by atomic mass is 32.2. The minimum atomic E-state index is -4.07. The number of fused-ring (bicyclic) bond motifs is 1. The predicted molar refractivity (Wildman–Crippen MR) is 157 cm³/mol. The van der Waals surface area contributed by atoms with Crippen molar-refractivity contribution in [2.24, 2.45) is 5.92 Å². The van der Waals surface area contributed by atoms with Gasteiger partial charge in [0.15, 0.2) is 0 Å². The van der Waals surface area contributed by atoms with E-state index in [1.807, 2.05) is 4.90 Å². The molecule has 0 spiro atoms. The van der Waals surface area contributed by atoms with Gasteiger partial charge in [-0.3, -0.25) is 18.9 Å². The van der Waals surface area contributed by atoms with Crippen LogP contribution < -0.4 is 15.0 Å². The number of hydrogen-bond donors (Lipinski definition) is 1. The molecule has 13 heteroatoms. The third kappa shape index (κ3) is 5.82. The quantitative estimate of drug-likeness (QED) is 0.337. The van der Waals surface area contributed by atoms with Crippen molar-refractivity contribution in [1.82, 2.24) is 19.4 Å². The monoisotopic (exact) mass is 607 g/mol. The summed E-state index contributed by atoms with van der Waals surface area (Å²) in [6, 6.07) is 11.0. The zero-order valence-electron chi connectivity index (χ0n) is 23.4. The Morgan fingerprint density at radius 2 is 1.81 bits per heavy atom. The van der Waals surface area contributed by atoms with Crippen LogP contribution in [0.2, 0.25) is 0 Å². The third-order valence-corrected chi connectivity index (χ3v) is 9.35. The first kappa shape index (κ1) is 28.7. The van der Waals surface area contributed by atoms with Crippen LogP contribution in [0.5, 0.6) is 5.88 Å². The number of carbonyl (C=O) groups is 1. The molecule has 2 aliphatic heterocycles. The third-order valence-electron chi connectivity index (χ3n) is 7.97. The van der Waals surface area contributed by atoms with E-state index in [1.165, 1.54) is 19.6 Å². The van der Waals surface area contributed by atoms with E-state index in [4.69, 9.17) is 9.47 Å². The molecule has 0 unspecified atom stereocenters. The highest BCUT2D eigenvalue weighted by Gasteiger charge is 2.33. The van der Waals surface area contributed by atoms with Crippen molar-refractivity contribution >= 4 is 32.5 Å². The zero-order chi connectivity index (χ0) is 30.1. The van der Waals surface area contributed by atoms with Crippen LogP contribution in [0.4, 0.5) is 10.1 Å². The molecule has 4 aromatic rings. The first-order chi connectivity index (χ1) is 20.7. The van der Waals surface area contributed by atoms with Gasteiger partial charge in [0, 0.05) is 44.0 Å². The normalized spacial score (nSPS) is 17.7. The maximum absolute atomic E-state index is 13.7. The van der Waals surface area contributed by atoms with Crippen molar-refractivity contribution in [3.63, 3.8) is 0 Å². The number of benzene rings is 2. The Morgan fingerprint density at radius 1 is 1.05 bits per heavy atom. The summed E-state index contributed by atoms with van der Waals surface area (Å²) in [4.78, 5) is 37.2. The van der Waals surface area contributed by atoms with Gasteiger partial charge in [0.2, 0.25) is 11.8 Å². The molecule has 11 nitrogen and oxygen atoms in total. The maximum Gasteiger partial charge on any atom is 0.262 e. The summed E-state index contributed by atoms with van der Waals surface area (Å²) >= 11 is 0. The SMILES string of the molecule is COc1ncc(-c2ccc3ncn([C@H]4CCN(C(=O)C5CCOCC5)C4)c(=O)c3c2)cc1NS(=O)(=O)c1ccc(F)cc1. The molecule has 0 bridgehead atoms. The van der Waals surface area contributed by atoms with Crippen LogP contribution in [0.15, 0.2) is 70.7 Å². The number of aromatic nitrogens is 3. The van der Waals surface area contributed by atoms with Gasteiger partial charge in [-0.25, -0.2) is 22.8 Å². The van der Waals surface area contributed by atoms with Crippen LogP contribution in [0.1, 0.15) is 25.3 Å². The van der Waals surface area contributed by atoms with Crippen molar-refractivity contribution in [2.75, 3.05) is 38.1 Å². The van der Waals surface area contributed by atoms with E-state index in [-0.39, 0.29) is 39.9 Å². The summed E-state index contributed by atoms with van der Waals surface area (Å²) in [6.45, 7) is 2.22. The molecule has 0 saturated carbocycles. The number of halogens is 1. The van der Waals surface area contributed by atoms with Gasteiger partial charge in [-0.15, -0.1) is 0 Å². The fourth-order valence-corrected chi connectivity index (χ4v) is 6.66. The smallest absolute Gasteiger partial charge is 0.262 e. The van der Waals surface area contributed by atoms with Crippen molar-refractivity contribution in [3.8, 4) is 17.0 Å². The number of pyridine rings is 1. The maximum atomic E-state index is 13.7. The Morgan fingerprint density at radius 3 is 2.56 bits per heavy atom. The Labute approximate surface area is 247 Å². The molecule has 2 aliphatic rings. The molecule has 2 aromatic carbocycles. The van der Waals surface area contributed by atoms with Gasteiger partial charge >= 0.3 is 0 Å². The summed E-state index contributed by atoms with van der Waals surface area (Å²) in [5, 5.41) is 0.387. The second-order valence-electron chi connectivity index (χ2n) is 10.6. The summed E-state index contributed by atoms with van der Waals surface area (Å²) in [7, 11) is -2.71. The van der Waals surface area contributed by atoms with Crippen molar-refractivity contribution in [1.29, 1.82) is 0 Å². The molecule has 1 atom stereocenters. The lowest BCUT2D eigenvalue weighted by molar-refractivity contribution is -0.137. The zero-order valence-corrected chi connectivity index (χ0v) is 24.2. The Bertz CT molecular complexity index is 1840. The molecule has 43 heavy (non-hydrogen) atoms. The first-order valence-electron chi connectivity index (χ1n) is 13.9.